The lowest BCUT2D eigenvalue weighted by Gasteiger charge is -2.28. The number of hydrogen-bond donors (Lipinski definition) is 0. The number of nitrogens with zero attached hydrogens (tertiary/aromatic N) is 1. The minimum absolute atomic E-state index is 0.281. The Morgan fingerprint density at radius 2 is 1.79 bits per heavy atom. The zero-order valence-corrected chi connectivity index (χ0v) is 12.6. The van der Waals surface area contributed by atoms with Crippen LogP contribution in [0.4, 0.5) is 5.69 Å². The molecule has 0 aromatic heterocycles. The van der Waals surface area contributed by atoms with Crippen LogP contribution in [0, 0.1) is 5.92 Å². The topological polar surface area (TPSA) is 20.3 Å². The lowest BCUT2D eigenvalue weighted by molar-refractivity contribution is -0.123. The van der Waals surface area contributed by atoms with Crippen LogP contribution in [0.5, 0.6) is 0 Å². The van der Waals surface area contributed by atoms with Gasteiger partial charge in [0, 0.05) is 12.2 Å². The molecule has 1 atom stereocenters. The predicted octanol–water partition coefficient (Wildman–Crippen LogP) is 4.14. The van der Waals surface area contributed by atoms with Crippen LogP contribution >= 0.6 is 0 Å². The summed E-state index contributed by atoms with van der Waals surface area (Å²) in [7, 11) is 0. The molecule has 1 aromatic carbocycles. The second kappa shape index (κ2) is 5.36. The zero-order valence-electron chi connectivity index (χ0n) is 12.6. The van der Waals surface area contributed by atoms with E-state index in [-0.39, 0.29) is 11.3 Å². The highest BCUT2D eigenvalue weighted by molar-refractivity contribution is 6.07. The van der Waals surface area contributed by atoms with E-state index in [1.807, 2.05) is 11.0 Å². The van der Waals surface area contributed by atoms with Crippen molar-refractivity contribution >= 4 is 11.6 Å². The molecule has 0 N–H and O–H groups in total. The standard InChI is InChI=1S/C17H25NO/c1-5-13(6-2)12-17(4)14-10-8-9-11-15(14)18(7-3)16(17)19/h8-11,13H,5-7,12H2,1-4H3/t17-/m1/s1. The van der Waals surface area contributed by atoms with Crippen LogP contribution in [-0.2, 0) is 10.2 Å². The molecule has 2 heteroatoms. The number of carbonyl (C=O) groups is 1. The maximum absolute atomic E-state index is 12.8. The highest BCUT2D eigenvalue weighted by atomic mass is 16.2. The molecule has 0 fully saturated rings. The molecule has 0 aliphatic carbocycles. The van der Waals surface area contributed by atoms with Crippen molar-refractivity contribution in [3.8, 4) is 0 Å². The van der Waals surface area contributed by atoms with Crippen molar-refractivity contribution in [2.24, 2.45) is 5.92 Å². The van der Waals surface area contributed by atoms with Crippen molar-refractivity contribution in [3.05, 3.63) is 29.8 Å². The van der Waals surface area contributed by atoms with Gasteiger partial charge in [-0.1, -0.05) is 44.9 Å². The average Bonchev–Trinajstić information content (AvgIpc) is 2.65. The third-order valence-electron chi connectivity index (χ3n) is 4.67. The van der Waals surface area contributed by atoms with Gasteiger partial charge in [0.1, 0.15) is 0 Å². The summed E-state index contributed by atoms with van der Waals surface area (Å²) in [5.41, 5.74) is 2.00. The molecule has 1 amide bonds. The third kappa shape index (κ3) is 2.18. The smallest absolute Gasteiger partial charge is 0.237 e. The van der Waals surface area contributed by atoms with Crippen LogP contribution in [0.1, 0.15) is 52.5 Å². The van der Waals surface area contributed by atoms with E-state index in [0.717, 1.165) is 31.5 Å². The molecule has 104 valence electrons. The first-order valence-electron chi connectivity index (χ1n) is 7.49. The van der Waals surface area contributed by atoms with E-state index in [9.17, 15) is 4.79 Å². The van der Waals surface area contributed by atoms with Gasteiger partial charge >= 0.3 is 0 Å². The number of anilines is 1. The first-order valence-corrected chi connectivity index (χ1v) is 7.49. The predicted molar refractivity (Wildman–Crippen MR) is 80.5 cm³/mol. The lowest BCUT2D eigenvalue weighted by atomic mass is 9.75. The second-order valence-electron chi connectivity index (χ2n) is 5.79. The molecule has 1 aromatic rings. The molecule has 2 rings (SSSR count). The van der Waals surface area contributed by atoms with Crippen LogP contribution in [0.3, 0.4) is 0 Å². The number of rotatable bonds is 5. The summed E-state index contributed by atoms with van der Waals surface area (Å²) in [6.45, 7) is 9.38. The molecule has 1 aliphatic heterocycles. The van der Waals surface area contributed by atoms with Crippen LogP contribution in [0.25, 0.3) is 0 Å². The van der Waals surface area contributed by atoms with Gasteiger partial charge < -0.3 is 4.90 Å². The summed E-state index contributed by atoms with van der Waals surface area (Å²) in [4.78, 5) is 14.8. The monoisotopic (exact) mass is 259 g/mol. The summed E-state index contributed by atoms with van der Waals surface area (Å²) in [6, 6.07) is 8.29. The molecule has 0 saturated carbocycles. The van der Waals surface area contributed by atoms with Crippen molar-refractivity contribution in [1.29, 1.82) is 0 Å². The number of carbonyl (C=O) groups excluding carboxylic acids is 1. The van der Waals surface area contributed by atoms with Gasteiger partial charge in [-0.15, -0.1) is 0 Å². The molecule has 0 unspecified atom stereocenters. The van der Waals surface area contributed by atoms with Gasteiger partial charge in [0.15, 0.2) is 0 Å². The Morgan fingerprint density at radius 1 is 1.16 bits per heavy atom. The van der Waals surface area contributed by atoms with Gasteiger partial charge in [-0.05, 0) is 37.8 Å². The maximum atomic E-state index is 12.8. The molecule has 0 saturated heterocycles. The summed E-state index contributed by atoms with van der Waals surface area (Å²) in [6.07, 6.45) is 3.26. The first kappa shape index (κ1) is 14.1. The van der Waals surface area contributed by atoms with E-state index >= 15 is 0 Å². The number of fused-ring (bicyclic) bond motifs is 1. The van der Waals surface area contributed by atoms with Gasteiger partial charge in [0.25, 0.3) is 0 Å². The van der Waals surface area contributed by atoms with Crippen LogP contribution in [-0.4, -0.2) is 12.5 Å². The Balaban J connectivity index is 2.42. The Labute approximate surface area is 116 Å². The molecule has 1 heterocycles. The van der Waals surface area contributed by atoms with Crippen LogP contribution in [0.15, 0.2) is 24.3 Å². The SMILES string of the molecule is CCC(CC)C[C@@]1(C)C(=O)N(CC)c2ccccc21. The van der Waals surface area contributed by atoms with E-state index in [2.05, 4.69) is 45.9 Å². The highest BCUT2D eigenvalue weighted by Gasteiger charge is 2.47. The van der Waals surface area contributed by atoms with E-state index in [1.54, 1.807) is 0 Å². The van der Waals surface area contributed by atoms with Gasteiger partial charge in [-0.2, -0.15) is 0 Å². The first-order chi connectivity index (χ1) is 9.08. The Bertz CT molecular complexity index is 464. The number of amides is 1. The molecule has 0 spiro atoms. The highest BCUT2D eigenvalue weighted by Crippen LogP contribution is 2.45. The molecule has 2 nitrogen and oxygen atoms in total. The minimum atomic E-state index is -0.330. The normalized spacial score (nSPS) is 22.2. The van der Waals surface area contributed by atoms with Crippen molar-refractivity contribution in [3.63, 3.8) is 0 Å². The molecule has 0 radical (unpaired) electrons. The summed E-state index contributed by atoms with van der Waals surface area (Å²) in [5.74, 6) is 0.905. The maximum Gasteiger partial charge on any atom is 0.237 e. The fourth-order valence-corrected chi connectivity index (χ4v) is 3.36. The van der Waals surface area contributed by atoms with Gasteiger partial charge in [0.05, 0.1) is 5.41 Å². The minimum Gasteiger partial charge on any atom is -0.312 e. The van der Waals surface area contributed by atoms with E-state index in [4.69, 9.17) is 0 Å². The van der Waals surface area contributed by atoms with Gasteiger partial charge in [-0.3, -0.25) is 4.79 Å². The van der Waals surface area contributed by atoms with Crippen molar-refractivity contribution in [1.82, 2.24) is 0 Å². The Kier molecular flexibility index (Phi) is 3.98. The summed E-state index contributed by atoms with van der Waals surface area (Å²) < 4.78 is 0. The number of benzene rings is 1. The Morgan fingerprint density at radius 3 is 2.37 bits per heavy atom. The number of para-hydroxylation sites is 1. The zero-order chi connectivity index (χ0) is 14.0. The van der Waals surface area contributed by atoms with Crippen molar-refractivity contribution in [2.75, 3.05) is 11.4 Å². The number of likely N-dealkylation sites (N-methyl/N-ethyl adjacent to an activating group) is 1. The van der Waals surface area contributed by atoms with E-state index in [0.29, 0.717) is 5.92 Å². The molecule has 1 aliphatic rings. The lowest BCUT2D eigenvalue weighted by Crippen LogP contribution is -2.39. The third-order valence-corrected chi connectivity index (χ3v) is 4.67. The van der Waals surface area contributed by atoms with Gasteiger partial charge in [0.2, 0.25) is 5.91 Å². The van der Waals surface area contributed by atoms with E-state index in [1.165, 1.54) is 5.56 Å². The Hall–Kier alpha value is -1.31. The second-order valence-corrected chi connectivity index (χ2v) is 5.79. The fraction of sp³-hybridized carbons (Fsp3) is 0.588. The fourth-order valence-electron chi connectivity index (χ4n) is 3.36. The number of hydrogen-bond acceptors (Lipinski definition) is 1. The van der Waals surface area contributed by atoms with Crippen molar-refractivity contribution < 1.29 is 4.79 Å². The van der Waals surface area contributed by atoms with Crippen LogP contribution < -0.4 is 4.90 Å². The van der Waals surface area contributed by atoms with E-state index < -0.39 is 0 Å². The summed E-state index contributed by atoms with van der Waals surface area (Å²) >= 11 is 0. The largest absolute Gasteiger partial charge is 0.312 e. The quantitative estimate of drug-likeness (QED) is 0.778. The molecular formula is C17H25NO. The summed E-state index contributed by atoms with van der Waals surface area (Å²) in [5, 5.41) is 0. The average molecular weight is 259 g/mol. The van der Waals surface area contributed by atoms with Gasteiger partial charge in [-0.25, -0.2) is 0 Å². The molecule has 0 bridgehead atoms. The van der Waals surface area contributed by atoms with Crippen molar-refractivity contribution in [2.45, 2.75) is 52.4 Å². The van der Waals surface area contributed by atoms with Crippen LogP contribution in [0.2, 0.25) is 0 Å². The molecular weight excluding hydrogens is 234 g/mol. The molecule has 19 heavy (non-hydrogen) atoms.